The molecule has 0 aromatic heterocycles. The second kappa shape index (κ2) is 7.36. The van der Waals surface area contributed by atoms with Crippen molar-refractivity contribution in [2.45, 2.75) is 51.5 Å². The first-order valence-corrected chi connectivity index (χ1v) is 6.74. The van der Waals surface area contributed by atoms with Crippen molar-refractivity contribution in [3.05, 3.63) is 0 Å². The molecule has 1 aliphatic rings. The van der Waals surface area contributed by atoms with E-state index in [2.05, 4.69) is 0 Å². The van der Waals surface area contributed by atoms with Gasteiger partial charge in [0, 0.05) is 32.0 Å². The van der Waals surface area contributed by atoms with E-state index in [-0.39, 0.29) is 18.4 Å². The van der Waals surface area contributed by atoms with Crippen molar-refractivity contribution >= 4 is 11.9 Å². The molecule has 2 atom stereocenters. The van der Waals surface area contributed by atoms with Crippen LogP contribution in [0, 0.1) is 5.92 Å². The van der Waals surface area contributed by atoms with E-state index in [0.29, 0.717) is 18.8 Å². The van der Waals surface area contributed by atoms with Crippen molar-refractivity contribution in [1.29, 1.82) is 0 Å². The monoisotopic (exact) mass is 256 g/mol. The van der Waals surface area contributed by atoms with E-state index in [1.807, 2.05) is 11.8 Å². The molecule has 1 heterocycles. The number of carbonyl (C=O) groups excluding carboxylic acids is 1. The summed E-state index contributed by atoms with van der Waals surface area (Å²) in [7, 11) is 0. The van der Waals surface area contributed by atoms with E-state index in [1.165, 1.54) is 0 Å². The van der Waals surface area contributed by atoms with Gasteiger partial charge < -0.3 is 15.7 Å². The average molecular weight is 256 g/mol. The number of aliphatic carboxylic acids is 1. The molecule has 0 spiro atoms. The molecule has 1 saturated heterocycles. The first-order chi connectivity index (χ1) is 8.49. The average Bonchev–Trinajstić information content (AvgIpc) is 2.74. The number of amides is 1. The maximum absolute atomic E-state index is 11.9. The summed E-state index contributed by atoms with van der Waals surface area (Å²) in [5.41, 5.74) is 5.64. The lowest BCUT2D eigenvalue weighted by Crippen LogP contribution is -2.29. The van der Waals surface area contributed by atoms with Gasteiger partial charge in [0.2, 0.25) is 5.91 Å². The number of likely N-dealkylation sites (tertiary alicyclic amines) is 1. The molecule has 1 amide bonds. The Morgan fingerprint density at radius 1 is 1.44 bits per heavy atom. The zero-order chi connectivity index (χ0) is 13.5. The Labute approximate surface area is 108 Å². The van der Waals surface area contributed by atoms with Crippen LogP contribution in [0.4, 0.5) is 0 Å². The lowest BCUT2D eigenvalue weighted by molar-refractivity contribution is -0.137. The van der Waals surface area contributed by atoms with Gasteiger partial charge >= 0.3 is 5.97 Å². The highest BCUT2D eigenvalue weighted by molar-refractivity contribution is 5.76. The molecule has 104 valence electrons. The van der Waals surface area contributed by atoms with Gasteiger partial charge in [0.05, 0.1) is 0 Å². The third kappa shape index (κ3) is 5.49. The molecule has 0 aromatic rings. The summed E-state index contributed by atoms with van der Waals surface area (Å²) >= 11 is 0. The van der Waals surface area contributed by atoms with E-state index in [9.17, 15) is 9.59 Å². The highest BCUT2D eigenvalue weighted by atomic mass is 16.4. The minimum atomic E-state index is -0.753. The van der Waals surface area contributed by atoms with Gasteiger partial charge in [-0.1, -0.05) is 0 Å². The van der Waals surface area contributed by atoms with E-state index in [1.54, 1.807) is 0 Å². The molecule has 18 heavy (non-hydrogen) atoms. The number of hydrogen-bond donors (Lipinski definition) is 2. The molecule has 0 radical (unpaired) electrons. The summed E-state index contributed by atoms with van der Waals surface area (Å²) in [5, 5.41) is 8.62. The summed E-state index contributed by atoms with van der Waals surface area (Å²) in [6.07, 6.45) is 4.10. The van der Waals surface area contributed by atoms with Gasteiger partial charge in [0.1, 0.15) is 0 Å². The van der Waals surface area contributed by atoms with Crippen molar-refractivity contribution in [2.24, 2.45) is 11.7 Å². The van der Waals surface area contributed by atoms with Gasteiger partial charge in [0.15, 0.2) is 0 Å². The Hall–Kier alpha value is -1.10. The minimum absolute atomic E-state index is 0.152. The SMILES string of the molecule is CC(N)CCCC(=O)N1CCC(CCC(=O)O)C1. The molecule has 1 fully saturated rings. The first kappa shape index (κ1) is 15.0. The number of carboxylic acids is 1. The van der Waals surface area contributed by atoms with Crippen LogP contribution in [0.15, 0.2) is 0 Å². The predicted molar refractivity (Wildman–Crippen MR) is 69.1 cm³/mol. The summed E-state index contributed by atoms with van der Waals surface area (Å²) in [5.74, 6) is -0.205. The highest BCUT2D eigenvalue weighted by Gasteiger charge is 2.25. The fraction of sp³-hybridized carbons (Fsp3) is 0.846. The topological polar surface area (TPSA) is 83.6 Å². The third-order valence-corrected chi connectivity index (χ3v) is 3.46. The number of carboxylic acid groups (broad SMARTS) is 1. The van der Waals surface area contributed by atoms with Crippen LogP contribution in [0.3, 0.4) is 0 Å². The molecule has 1 rings (SSSR count). The Morgan fingerprint density at radius 3 is 2.78 bits per heavy atom. The van der Waals surface area contributed by atoms with Crippen LogP contribution in [-0.4, -0.2) is 41.0 Å². The zero-order valence-corrected chi connectivity index (χ0v) is 11.1. The summed E-state index contributed by atoms with van der Waals surface area (Å²) < 4.78 is 0. The number of carbonyl (C=O) groups is 2. The van der Waals surface area contributed by atoms with E-state index >= 15 is 0 Å². The normalized spacial score (nSPS) is 21.0. The Bertz CT molecular complexity index is 292. The van der Waals surface area contributed by atoms with Crippen LogP contribution in [0.2, 0.25) is 0 Å². The number of rotatable bonds is 7. The van der Waals surface area contributed by atoms with Gasteiger partial charge in [-0.15, -0.1) is 0 Å². The Morgan fingerprint density at radius 2 is 2.17 bits per heavy atom. The van der Waals surface area contributed by atoms with Crippen molar-refractivity contribution in [1.82, 2.24) is 4.90 Å². The molecule has 0 aromatic carbocycles. The smallest absolute Gasteiger partial charge is 0.303 e. The van der Waals surface area contributed by atoms with Crippen LogP contribution in [-0.2, 0) is 9.59 Å². The molecular weight excluding hydrogens is 232 g/mol. The summed E-state index contributed by atoms with van der Waals surface area (Å²) in [4.78, 5) is 24.2. The molecule has 2 unspecified atom stereocenters. The van der Waals surface area contributed by atoms with E-state index in [4.69, 9.17) is 10.8 Å². The fourth-order valence-corrected chi connectivity index (χ4v) is 2.36. The largest absolute Gasteiger partial charge is 0.481 e. The summed E-state index contributed by atoms with van der Waals surface area (Å²) in [6, 6.07) is 0.152. The Kier molecular flexibility index (Phi) is 6.12. The quantitative estimate of drug-likeness (QED) is 0.717. The molecule has 0 aliphatic carbocycles. The van der Waals surface area contributed by atoms with Crippen molar-refractivity contribution in [3.63, 3.8) is 0 Å². The first-order valence-electron chi connectivity index (χ1n) is 6.74. The van der Waals surface area contributed by atoms with Crippen molar-refractivity contribution < 1.29 is 14.7 Å². The molecule has 0 bridgehead atoms. The highest BCUT2D eigenvalue weighted by Crippen LogP contribution is 2.22. The van der Waals surface area contributed by atoms with Crippen molar-refractivity contribution in [3.8, 4) is 0 Å². The van der Waals surface area contributed by atoms with Gasteiger partial charge in [-0.05, 0) is 38.5 Å². The number of nitrogens with two attached hydrogens (primary N) is 1. The standard InChI is InChI=1S/C13H24N2O3/c1-10(14)3-2-4-12(16)15-8-7-11(9-15)5-6-13(17)18/h10-11H,2-9,14H2,1H3,(H,17,18). The second-order valence-electron chi connectivity index (χ2n) is 5.30. The molecular formula is C13H24N2O3. The zero-order valence-electron chi connectivity index (χ0n) is 11.1. The van der Waals surface area contributed by atoms with Crippen LogP contribution in [0.25, 0.3) is 0 Å². The molecule has 5 nitrogen and oxygen atoms in total. The minimum Gasteiger partial charge on any atom is -0.481 e. The van der Waals surface area contributed by atoms with Crippen molar-refractivity contribution in [2.75, 3.05) is 13.1 Å². The molecule has 0 saturated carbocycles. The van der Waals surface area contributed by atoms with Gasteiger partial charge in [0.25, 0.3) is 0 Å². The van der Waals surface area contributed by atoms with Crippen LogP contribution < -0.4 is 5.73 Å². The molecule has 5 heteroatoms. The third-order valence-electron chi connectivity index (χ3n) is 3.46. The lowest BCUT2D eigenvalue weighted by Gasteiger charge is -2.16. The van der Waals surface area contributed by atoms with Gasteiger partial charge in [-0.2, -0.15) is 0 Å². The predicted octanol–water partition coefficient (Wildman–Crippen LogP) is 1.22. The maximum Gasteiger partial charge on any atom is 0.303 e. The lowest BCUT2D eigenvalue weighted by atomic mass is 10.0. The van der Waals surface area contributed by atoms with Crippen LogP contribution >= 0.6 is 0 Å². The van der Waals surface area contributed by atoms with Gasteiger partial charge in [-0.3, -0.25) is 9.59 Å². The molecule has 3 N–H and O–H groups in total. The fourth-order valence-electron chi connectivity index (χ4n) is 2.36. The Balaban J connectivity index is 2.20. The molecule has 1 aliphatic heterocycles. The van der Waals surface area contributed by atoms with E-state index in [0.717, 1.165) is 32.4 Å². The summed E-state index contributed by atoms with van der Waals surface area (Å²) in [6.45, 7) is 3.45. The number of nitrogens with zero attached hydrogens (tertiary/aromatic N) is 1. The van der Waals surface area contributed by atoms with Crippen LogP contribution in [0.5, 0.6) is 0 Å². The van der Waals surface area contributed by atoms with E-state index < -0.39 is 5.97 Å². The van der Waals surface area contributed by atoms with Crippen LogP contribution in [0.1, 0.15) is 45.4 Å². The van der Waals surface area contributed by atoms with Gasteiger partial charge in [-0.25, -0.2) is 0 Å². The second-order valence-corrected chi connectivity index (χ2v) is 5.30. The number of hydrogen-bond acceptors (Lipinski definition) is 3. The maximum atomic E-state index is 11.9.